The van der Waals surface area contributed by atoms with Gasteiger partial charge in [0.1, 0.15) is 0 Å². The second-order valence-corrected chi connectivity index (χ2v) is 4.88. The van der Waals surface area contributed by atoms with Gasteiger partial charge in [-0.2, -0.15) is 0 Å². The Bertz CT molecular complexity index is 185. The quantitative estimate of drug-likeness (QED) is 0.757. The Morgan fingerprint density at radius 2 is 1.47 bits per heavy atom. The first kappa shape index (κ1) is 13.0. The first-order chi connectivity index (χ1) is 7.16. The summed E-state index contributed by atoms with van der Waals surface area (Å²) >= 11 is 0. The lowest BCUT2D eigenvalue weighted by Crippen LogP contribution is -2.59. The molecule has 1 N–H and O–H groups in total. The highest BCUT2D eigenvalue weighted by Crippen LogP contribution is 2.34. The average molecular weight is 213 g/mol. The third-order valence-corrected chi connectivity index (χ3v) is 3.97. The molecule has 0 radical (unpaired) electrons. The predicted molar refractivity (Wildman–Crippen MR) is 65.2 cm³/mol. The van der Waals surface area contributed by atoms with E-state index < -0.39 is 0 Å². The molecular formula is C13H27NO. The van der Waals surface area contributed by atoms with Crippen LogP contribution in [0.5, 0.6) is 0 Å². The van der Waals surface area contributed by atoms with E-state index in [0.29, 0.717) is 0 Å². The highest BCUT2D eigenvalue weighted by Gasteiger charge is 2.42. The Hall–Kier alpha value is -0.0800. The zero-order valence-electron chi connectivity index (χ0n) is 10.9. The minimum Gasteiger partial charge on any atom is -0.366 e. The molecule has 1 rings (SSSR count). The zero-order valence-corrected chi connectivity index (χ0v) is 10.9. The Labute approximate surface area is 94.8 Å². The van der Waals surface area contributed by atoms with Crippen LogP contribution in [0.2, 0.25) is 0 Å². The molecule has 1 atom stereocenters. The van der Waals surface area contributed by atoms with Gasteiger partial charge in [0.2, 0.25) is 0 Å². The van der Waals surface area contributed by atoms with E-state index in [-0.39, 0.29) is 11.2 Å². The summed E-state index contributed by atoms with van der Waals surface area (Å²) in [4.78, 5) is 0. The fraction of sp³-hybridized carbons (Fsp3) is 1.00. The molecule has 0 amide bonds. The van der Waals surface area contributed by atoms with E-state index in [9.17, 15) is 0 Å². The molecule has 1 aliphatic heterocycles. The smallest absolute Gasteiger partial charge is 0.0811 e. The van der Waals surface area contributed by atoms with Gasteiger partial charge in [-0.05, 0) is 25.7 Å². The Morgan fingerprint density at radius 3 is 1.93 bits per heavy atom. The van der Waals surface area contributed by atoms with Crippen LogP contribution in [-0.2, 0) is 4.74 Å². The van der Waals surface area contributed by atoms with Crippen molar-refractivity contribution in [3.63, 3.8) is 0 Å². The molecule has 1 fully saturated rings. The summed E-state index contributed by atoms with van der Waals surface area (Å²) in [6.07, 6.45) is 5.73. The molecular weight excluding hydrogens is 186 g/mol. The Balaban J connectivity index is 2.75. The van der Waals surface area contributed by atoms with E-state index in [1.54, 1.807) is 0 Å². The number of hydrogen-bond donors (Lipinski definition) is 1. The SMILES string of the molecule is CCCC1(CC)CNCC(CC)(CC)O1. The molecule has 2 nitrogen and oxygen atoms in total. The summed E-state index contributed by atoms with van der Waals surface area (Å²) < 4.78 is 6.49. The first-order valence-electron chi connectivity index (χ1n) is 6.57. The molecule has 0 saturated carbocycles. The highest BCUT2D eigenvalue weighted by atomic mass is 16.5. The van der Waals surface area contributed by atoms with E-state index in [4.69, 9.17) is 4.74 Å². The van der Waals surface area contributed by atoms with Gasteiger partial charge in [0.05, 0.1) is 11.2 Å². The summed E-state index contributed by atoms with van der Waals surface area (Å²) in [5.41, 5.74) is 0.183. The lowest BCUT2D eigenvalue weighted by atomic mass is 9.87. The van der Waals surface area contributed by atoms with Crippen LogP contribution in [0.1, 0.15) is 59.8 Å². The van der Waals surface area contributed by atoms with Gasteiger partial charge in [-0.25, -0.2) is 0 Å². The molecule has 2 heteroatoms. The molecule has 1 aliphatic rings. The molecule has 0 spiro atoms. The van der Waals surface area contributed by atoms with Crippen molar-refractivity contribution in [1.29, 1.82) is 0 Å². The van der Waals surface area contributed by atoms with E-state index in [2.05, 4.69) is 33.0 Å². The fourth-order valence-corrected chi connectivity index (χ4v) is 2.66. The number of rotatable bonds is 5. The van der Waals surface area contributed by atoms with Crippen molar-refractivity contribution in [2.24, 2.45) is 0 Å². The van der Waals surface area contributed by atoms with Crippen molar-refractivity contribution in [3.05, 3.63) is 0 Å². The zero-order chi connectivity index (χ0) is 11.4. The van der Waals surface area contributed by atoms with E-state index in [1.165, 1.54) is 12.8 Å². The van der Waals surface area contributed by atoms with Crippen LogP contribution < -0.4 is 5.32 Å². The van der Waals surface area contributed by atoms with Gasteiger partial charge in [-0.15, -0.1) is 0 Å². The number of morpholine rings is 1. The predicted octanol–water partition coefficient (Wildman–Crippen LogP) is 3.11. The highest BCUT2D eigenvalue weighted by molar-refractivity contribution is 4.94. The molecule has 90 valence electrons. The van der Waals surface area contributed by atoms with Crippen molar-refractivity contribution < 1.29 is 4.74 Å². The van der Waals surface area contributed by atoms with E-state index in [1.807, 2.05) is 0 Å². The third-order valence-electron chi connectivity index (χ3n) is 3.97. The lowest BCUT2D eigenvalue weighted by Gasteiger charge is -2.48. The standard InChI is InChI=1S/C13H27NO/c1-5-9-13(8-4)11-14-10-12(6-2,7-3)15-13/h14H,5-11H2,1-4H3. The van der Waals surface area contributed by atoms with E-state index >= 15 is 0 Å². The topological polar surface area (TPSA) is 21.3 Å². The fourth-order valence-electron chi connectivity index (χ4n) is 2.66. The van der Waals surface area contributed by atoms with Crippen LogP contribution in [0.4, 0.5) is 0 Å². The maximum atomic E-state index is 6.49. The second kappa shape index (κ2) is 5.31. The van der Waals surface area contributed by atoms with Crippen LogP contribution in [0.15, 0.2) is 0 Å². The number of ether oxygens (including phenoxy) is 1. The van der Waals surface area contributed by atoms with Crippen LogP contribution in [0.3, 0.4) is 0 Å². The number of nitrogens with one attached hydrogen (secondary N) is 1. The lowest BCUT2D eigenvalue weighted by molar-refractivity contribution is -0.186. The van der Waals surface area contributed by atoms with Gasteiger partial charge in [0.15, 0.2) is 0 Å². The largest absolute Gasteiger partial charge is 0.366 e. The molecule has 1 heterocycles. The maximum absolute atomic E-state index is 6.49. The Morgan fingerprint density at radius 1 is 0.933 bits per heavy atom. The monoisotopic (exact) mass is 213 g/mol. The molecule has 0 aromatic heterocycles. The van der Waals surface area contributed by atoms with E-state index in [0.717, 1.165) is 32.4 Å². The summed E-state index contributed by atoms with van der Waals surface area (Å²) in [7, 11) is 0. The third kappa shape index (κ3) is 2.73. The summed E-state index contributed by atoms with van der Waals surface area (Å²) in [5, 5.41) is 3.58. The van der Waals surface area contributed by atoms with Gasteiger partial charge in [-0.3, -0.25) is 0 Å². The maximum Gasteiger partial charge on any atom is 0.0811 e. The van der Waals surface area contributed by atoms with Crippen LogP contribution in [0.25, 0.3) is 0 Å². The van der Waals surface area contributed by atoms with Crippen molar-refractivity contribution in [2.75, 3.05) is 13.1 Å². The normalized spacial score (nSPS) is 30.4. The van der Waals surface area contributed by atoms with Gasteiger partial charge in [0, 0.05) is 13.1 Å². The van der Waals surface area contributed by atoms with Crippen LogP contribution >= 0.6 is 0 Å². The van der Waals surface area contributed by atoms with Crippen LogP contribution in [0, 0.1) is 0 Å². The minimum atomic E-state index is 0.0867. The van der Waals surface area contributed by atoms with Gasteiger partial charge >= 0.3 is 0 Å². The molecule has 15 heavy (non-hydrogen) atoms. The average Bonchev–Trinajstić information content (AvgIpc) is 2.29. The summed E-state index contributed by atoms with van der Waals surface area (Å²) in [6.45, 7) is 11.0. The summed E-state index contributed by atoms with van der Waals surface area (Å²) in [6, 6.07) is 0. The molecule has 1 saturated heterocycles. The summed E-state index contributed by atoms with van der Waals surface area (Å²) in [5.74, 6) is 0. The van der Waals surface area contributed by atoms with Crippen molar-refractivity contribution in [2.45, 2.75) is 71.0 Å². The van der Waals surface area contributed by atoms with Crippen molar-refractivity contribution in [1.82, 2.24) is 5.32 Å². The first-order valence-corrected chi connectivity index (χ1v) is 6.57. The molecule has 0 aromatic carbocycles. The number of hydrogen-bond acceptors (Lipinski definition) is 2. The van der Waals surface area contributed by atoms with Gasteiger partial charge < -0.3 is 10.1 Å². The Kier molecular flexibility index (Phi) is 4.60. The molecule has 0 aromatic rings. The second-order valence-electron chi connectivity index (χ2n) is 4.88. The molecule has 1 unspecified atom stereocenters. The van der Waals surface area contributed by atoms with Crippen LogP contribution in [-0.4, -0.2) is 24.3 Å². The van der Waals surface area contributed by atoms with Gasteiger partial charge in [0.25, 0.3) is 0 Å². The minimum absolute atomic E-state index is 0.0867. The molecule has 0 aliphatic carbocycles. The van der Waals surface area contributed by atoms with Crippen molar-refractivity contribution >= 4 is 0 Å². The van der Waals surface area contributed by atoms with Gasteiger partial charge in [-0.1, -0.05) is 34.1 Å². The molecule has 0 bridgehead atoms. The van der Waals surface area contributed by atoms with Crippen molar-refractivity contribution in [3.8, 4) is 0 Å².